The molecule has 0 unspecified atom stereocenters. The van der Waals surface area contributed by atoms with E-state index >= 15 is 0 Å². The van der Waals surface area contributed by atoms with Crippen LogP contribution in [0.2, 0.25) is 0 Å². The topological polar surface area (TPSA) is 30.9 Å². The predicted octanol–water partition coefficient (Wildman–Crippen LogP) is 4.23. The van der Waals surface area contributed by atoms with Crippen molar-refractivity contribution in [1.29, 1.82) is 0 Å². The molecule has 4 heteroatoms. The quantitative estimate of drug-likeness (QED) is 0.656. The molecular weight excluding hydrogens is 338 g/mol. The Kier molecular flexibility index (Phi) is 5.56. The maximum Gasteiger partial charge on any atom is 0.127 e. The Hall–Kier alpha value is -2.56. The summed E-state index contributed by atoms with van der Waals surface area (Å²) >= 11 is 0. The summed E-state index contributed by atoms with van der Waals surface area (Å²) in [7, 11) is 1.70. The van der Waals surface area contributed by atoms with Crippen molar-refractivity contribution in [2.75, 3.05) is 46.6 Å². The van der Waals surface area contributed by atoms with Crippen molar-refractivity contribution in [3.63, 3.8) is 0 Å². The van der Waals surface area contributed by atoms with Gasteiger partial charge in [-0.2, -0.15) is 0 Å². The van der Waals surface area contributed by atoms with Crippen LogP contribution in [0.3, 0.4) is 0 Å². The molecule has 0 N–H and O–H groups in total. The van der Waals surface area contributed by atoms with Crippen LogP contribution in [0.4, 0.5) is 0 Å². The van der Waals surface area contributed by atoms with Crippen molar-refractivity contribution >= 4 is 10.8 Å². The molecule has 0 aromatic heterocycles. The van der Waals surface area contributed by atoms with Gasteiger partial charge in [-0.3, -0.25) is 4.90 Å². The van der Waals surface area contributed by atoms with Crippen molar-refractivity contribution in [1.82, 2.24) is 4.90 Å². The fourth-order valence-corrected chi connectivity index (χ4v) is 3.55. The molecule has 1 fully saturated rings. The molecule has 0 saturated carbocycles. The van der Waals surface area contributed by atoms with Gasteiger partial charge in [0.05, 0.1) is 20.3 Å². The molecule has 1 saturated heterocycles. The van der Waals surface area contributed by atoms with E-state index in [0.29, 0.717) is 6.61 Å². The number of methoxy groups -OCH3 is 1. The Morgan fingerprint density at radius 1 is 0.926 bits per heavy atom. The van der Waals surface area contributed by atoms with E-state index in [0.717, 1.165) is 55.3 Å². The minimum Gasteiger partial charge on any atom is -0.497 e. The van der Waals surface area contributed by atoms with Crippen LogP contribution in [0.5, 0.6) is 11.5 Å². The van der Waals surface area contributed by atoms with Crippen LogP contribution in [-0.2, 0) is 4.74 Å². The highest BCUT2D eigenvalue weighted by Gasteiger charge is 2.12. The van der Waals surface area contributed by atoms with E-state index in [2.05, 4.69) is 53.4 Å². The van der Waals surface area contributed by atoms with Crippen LogP contribution in [0.1, 0.15) is 0 Å². The zero-order valence-electron chi connectivity index (χ0n) is 15.7. The van der Waals surface area contributed by atoms with Crippen molar-refractivity contribution in [2.24, 2.45) is 0 Å². The average molecular weight is 363 g/mol. The Morgan fingerprint density at radius 2 is 1.74 bits per heavy atom. The number of hydrogen-bond acceptors (Lipinski definition) is 4. The average Bonchev–Trinajstić information content (AvgIpc) is 2.74. The van der Waals surface area contributed by atoms with Gasteiger partial charge in [0.15, 0.2) is 0 Å². The SMILES string of the molecule is COc1cccc(-c2ccc(OCCN3CCOCC3)c3ccccc23)c1. The molecule has 0 atom stereocenters. The van der Waals surface area contributed by atoms with Crippen LogP contribution in [0.15, 0.2) is 60.7 Å². The molecule has 140 valence electrons. The van der Waals surface area contributed by atoms with Gasteiger partial charge in [0, 0.05) is 25.0 Å². The molecule has 0 radical (unpaired) electrons. The van der Waals surface area contributed by atoms with Gasteiger partial charge in [0.1, 0.15) is 18.1 Å². The molecule has 27 heavy (non-hydrogen) atoms. The van der Waals surface area contributed by atoms with Crippen LogP contribution in [0.25, 0.3) is 21.9 Å². The number of morpholine rings is 1. The fraction of sp³-hybridized carbons (Fsp3) is 0.304. The molecule has 0 bridgehead atoms. The third-order valence-electron chi connectivity index (χ3n) is 5.03. The molecule has 1 aliphatic rings. The van der Waals surface area contributed by atoms with Gasteiger partial charge in [-0.1, -0.05) is 42.5 Å². The van der Waals surface area contributed by atoms with Crippen molar-refractivity contribution in [2.45, 2.75) is 0 Å². The molecule has 0 amide bonds. The zero-order valence-corrected chi connectivity index (χ0v) is 15.7. The molecule has 3 aromatic carbocycles. The summed E-state index contributed by atoms with van der Waals surface area (Å²) in [6.07, 6.45) is 0. The van der Waals surface area contributed by atoms with Crippen LogP contribution < -0.4 is 9.47 Å². The maximum absolute atomic E-state index is 6.15. The number of benzene rings is 3. The van der Waals surface area contributed by atoms with Crippen molar-refractivity contribution < 1.29 is 14.2 Å². The summed E-state index contributed by atoms with van der Waals surface area (Å²) in [5.41, 5.74) is 2.33. The molecule has 4 nitrogen and oxygen atoms in total. The van der Waals surface area contributed by atoms with Gasteiger partial charge in [-0.15, -0.1) is 0 Å². The highest BCUT2D eigenvalue weighted by molar-refractivity contribution is 6.00. The molecule has 0 spiro atoms. The lowest BCUT2D eigenvalue weighted by atomic mass is 9.97. The molecule has 4 rings (SSSR count). The first-order valence-corrected chi connectivity index (χ1v) is 9.44. The Balaban J connectivity index is 1.58. The van der Waals surface area contributed by atoms with E-state index < -0.39 is 0 Å². The number of rotatable bonds is 6. The number of nitrogens with zero attached hydrogens (tertiary/aromatic N) is 1. The Labute approximate surface area is 160 Å². The van der Waals surface area contributed by atoms with Gasteiger partial charge in [0.2, 0.25) is 0 Å². The summed E-state index contributed by atoms with van der Waals surface area (Å²) < 4.78 is 16.9. The second-order valence-corrected chi connectivity index (χ2v) is 6.69. The van der Waals surface area contributed by atoms with E-state index in [1.807, 2.05) is 12.1 Å². The molecule has 1 heterocycles. The summed E-state index contributed by atoms with van der Waals surface area (Å²) in [4.78, 5) is 2.39. The lowest BCUT2D eigenvalue weighted by Gasteiger charge is -2.26. The van der Waals surface area contributed by atoms with E-state index in [4.69, 9.17) is 14.2 Å². The van der Waals surface area contributed by atoms with Gasteiger partial charge in [-0.05, 0) is 34.7 Å². The molecular formula is C23H25NO3. The monoisotopic (exact) mass is 363 g/mol. The largest absolute Gasteiger partial charge is 0.497 e. The molecule has 0 aliphatic carbocycles. The third kappa shape index (κ3) is 4.07. The first-order valence-electron chi connectivity index (χ1n) is 9.44. The normalized spacial score (nSPS) is 15.0. The van der Waals surface area contributed by atoms with E-state index in [1.165, 1.54) is 10.9 Å². The van der Waals surface area contributed by atoms with Gasteiger partial charge >= 0.3 is 0 Å². The summed E-state index contributed by atoms with van der Waals surface area (Å²) in [6, 6.07) is 20.8. The second kappa shape index (κ2) is 8.42. The highest BCUT2D eigenvalue weighted by atomic mass is 16.5. The molecule has 3 aromatic rings. The minimum absolute atomic E-state index is 0.683. The van der Waals surface area contributed by atoms with E-state index in [1.54, 1.807) is 7.11 Å². The molecule has 1 aliphatic heterocycles. The van der Waals surface area contributed by atoms with E-state index in [-0.39, 0.29) is 0 Å². The van der Waals surface area contributed by atoms with Gasteiger partial charge in [-0.25, -0.2) is 0 Å². The first-order chi connectivity index (χ1) is 13.3. The smallest absolute Gasteiger partial charge is 0.127 e. The number of ether oxygens (including phenoxy) is 3. The minimum atomic E-state index is 0.683. The Bertz CT molecular complexity index is 903. The standard InChI is InChI=1S/C23H25NO3/c1-25-19-6-4-5-18(17-19)20-9-10-23(22-8-3-2-7-21(20)22)27-16-13-24-11-14-26-15-12-24/h2-10,17H,11-16H2,1H3. The summed E-state index contributed by atoms with van der Waals surface area (Å²) in [5.74, 6) is 1.80. The summed E-state index contributed by atoms with van der Waals surface area (Å²) in [5, 5.41) is 2.33. The Morgan fingerprint density at radius 3 is 2.56 bits per heavy atom. The lowest BCUT2D eigenvalue weighted by Crippen LogP contribution is -2.38. The van der Waals surface area contributed by atoms with Crippen LogP contribution >= 0.6 is 0 Å². The van der Waals surface area contributed by atoms with Gasteiger partial charge < -0.3 is 14.2 Å². The van der Waals surface area contributed by atoms with Crippen LogP contribution in [-0.4, -0.2) is 51.5 Å². The third-order valence-corrected chi connectivity index (χ3v) is 5.03. The van der Waals surface area contributed by atoms with Crippen LogP contribution in [0, 0.1) is 0 Å². The van der Waals surface area contributed by atoms with E-state index in [9.17, 15) is 0 Å². The highest BCUT2D eigenvalue weighted by Crippen LogP contribution is 2.35. The van der Waals surface area contributed by atoms with Gasteiger partial charge in [0.25, 0.3) is 0 Å². The predicted molar refractivity (Wildman–Crippen MR) is 109 cm³/mol. The lowest BCUT2D eigenvalue weighted by molar-refractivity contribution is 0.0323. The zero-order chi connectivity index (χ0) is 18.5. The first kappa shape index (κ1) is 17.8. The number of fused-ring (bicyclic) bond motifs is 1. The summed E-state index contributed by atoms with van der Waals surface area (Å²) in [6.45, 7) is 5.21. The van der Waals surface area contributed by atoms with Crippen molar-refractivity contribution in [3.05, 3.63) is 60.7 Å². The fourth-order valence-electron chi connectivity index (χ4n) is 3.55. The number of hydrogen-bond donors (Lipinski definition) is 0. The van der Waals surface area contributed by atoms with Crippen molar-refractivity contribution in [3.8, 4) is 22.6 Å². The second-order valence-electron chi connectivity index (χ2n) is 6.69. The maximum atomic E-state index is 6.15.